The van der Waals surface area contributed by atoms with Crippen LogP contribution in [0.2, 0.25) is 0 Å². The summed E-state index contributed by atoms with van der Waals surface area (Å²) in [6.07, 6.45) is 8.90. The summed E-state index contributed by atoms with van der Waals surface area (Å²) in [5.74, 6) is 0. The number of benzene rings is 5. The molecule has 0 radical (unpaired) electrons. The average Bonchev–Trinajstić information content (AvgIpc) is 3.53. The van der Waals surface area contributed by atoms with E-state index in [0.29, 0.717) is 11.1 Å². The number of nitrogens with zero attached hydrogens (tertiary/aromatic N) is 4. The van der Waals surface area contributed by atoms with Gasteiger partial charge < -0.3 is 9.47 Å². The second-order valence-corrected chi connectivity index (χ2v) is 11.5. The highest BCUT2D eigenvalue weighted by Gasteiger charge is 2.46. The van der Waals surface area contributed by atoms with Gasteiger partial charge in [0.25, 0.3) is 0 Å². The molecule has 0 fully saturated rings. The molecular weight excluding hydrogens is 524 g/mol. The molecule has 0 N–H and O–H groups in total. The number of hydrogen-bond acceptors (Lipinski definition) is 3. The smallest absolute Gasteiger partial charge is 0.0992 e. The van der Waals surface area contributed by atoms with Crippen molar-refractivity contribution < 1.29 is 0 Å². The number of nitriles is 2. The van der Waals surface area contributed by atoms with Crippen LogP contribution in [0.25, 0.3) is 38.6 Å². The minimum Gasteiger partial charge on any atom is -0.333 e. The van der Waals surface area contributed by atoms with Gasteiger partial charge in [-0.25, -0.2) is 0 Å². The SMILES string of the molecule is CC12C=CC=CC1N(c1cccc(-c3cc(C#N)cc(-n4c5ccccc5c5cc(C#N)ccc54)c3)c1)c1ccccc12. The molecule has 2 atom stereocenters. The summed E-state index contributed by atoms with van der Waals surface area (Å²) in [7, 11) is 0. The monoisotopic (exact) mass is 550 g/mol. The zero-order chi connectivity index (χ0) is 29.1. The van der Waals surface area contributed by atoms with E-state index in [1.54, 1.807) is 0 Å². The predicted octanol–water partition coefficient (Wildman–Crippen LogP) is 9.10. The molecule has 2 aliphatic rings. The number of allylic oxidation sites excluding steroid dienone is 2. The molecular formula is C39H26N4. The van der Waals surface area contributed by atoms with Crippen molar-refractivity contribution in [1.82, 2.24) is 4.57 Å². The summed E-state index contributed by atoms with van der Waals surface area (Å²) in [6, 6.07) is 42.3. The van der Waals surface area contributed by atoms with Crippen LogP contribution < -0.4 is 4.90 Å². The average molecular weight is 551 g/mol. The van der Waals surface area contributed by atoms with Crippen molar-refractivity contribution in [1.29, 1.82) is 10.5 Å². The lowest BCUT2D eigenvalue weighted by atomic mass is 9.76. The highest BCUT2D eigenvalue weighted by Crippen LogP contribution is 2.51. The lowest BCUT2D eigenvalue weighted by Gasteiger charge is -2.34. The fourth-order valence-corrected chi connectivity index (χ4v) is 7.04. The first-order valence-corrected chi connectivity index (χ1v) is 14.4. The second-order valence-electron chi connectivity index (χ2n) is 11.5. The summed E-state index contributed by atoms with van der Waals surface area (Å²) < 4.78 is 2.20. The summed E-state index contributed by atoms with van der Waals surface area (Å²) in [4.78, 5) is 2.44. The number of aromatic nitrogens is 1. The molecule has 4 nitrogen and oxygen atoms in total. The zero-order valence-corrected chi connectivity index (χ0v) is 23.6. The fraction of sp³-hybridized carbons (Fsp3) is 0.0769. The quantitative estimate of drug-likeness (QED) is 0.221. The van der Waals surface area contributed by atoms with Crippen molar-refractivity contribution in [2.24, 2.45) is 0 Å². The Morgan fingerprint density at radius 2 is 1.44 bits per heavy atom. The number of anilines is 2. The molecule has 0 amide bonds. The molecule has 1 aromatic heterocycles. The van der Waals surface area contributed by atoms with E-state index in [0.717, 1.165) is 44.3 Å². The van der Waals surface area contributed by atoms with E-state index in [9.17, 15) is 10.5 Å². The normalized spacial score (nSPS) is 18.4. The summed E-state index contributed by atoms with van der Waals surface area (Å²) in [6.45, 7) is 2.31. The summed E-state index contributed by atoms with van der Waals surface area (Å²) in [5, 5.41) is 21.8. The Balaban J connectivity index is 1.30. The van der Waals surface area contributed by atoms with Gasteiger partial charge in [0.1, 0.15) is 0 Å². The third-order valence-electron chi connectivity index (χ3n) is 9.05. The third kappa shape index (κ3) is 3.67. The van der Waals surface area contributed by atoms with Crippen LogP contribution in [0.4, 0.5) is 11.4 Å². The minimum atomic E-state index is -0.114. The molecule has 202 valence electrons. The summed E-state index contributed by atoms with van der Waals surface area (Å²) in [5.41, 5.74) is 9.73. The van der Waals surface area contributed by atoms with E-state index in [1.807, 2.05) is 42.5 Å². The van der Waals surface area contributed by atoms with Gasteiger partial charge in [-0.2, -0.15) is 10.5 Å². The lowest BCUT2D eigenvalue weighted by Crippen LogP contribution is -2.39. The van der Waals surface area contributed by atoms with Crippen LogP contribution in [-0.2, 0) is 5.41 Å². The Labute approximate surface area is 250 Å². The molecule has 2 unspecified atom stereocenters. The first kappa shape index (κ1) is 24.9. The van der Waals surface area contributed by atoms with Crippen LogP contribution in [0, 0.1) is 22.7 Å². The van der Waals surface area contributed by atoms with Gasteiger partial charge in [0.05, 0.1) is 40.3 Å². The predicted molar refractivity (Wildman–Crippen MR) is 174 cm³/mol. The maximum atomic E-state index is 10.1. The zero-order valence-electron chi connectivity index (χ0n) is 23.6. The molecule has 8 rings (SSSR count). The molecule has 6 aromatic rings. The Morgan fingerprint density at radius 1 is 0.651 bits per heavy atom. The molecule has 1 aliphatic heterocycles. The Bertz CT molecular complexity index is 2250. The summed E-state index contributed by atoms with van der Waals surface area (Å²) >= 11 is 0. The van der Waals surface area contributed by atoms with Crippen LogP contribution >= 0.6 is 0 Å². The molecule has 0 spiro atoms. The van der Waals surface area contributed by atoms with E-state index < -0.39 is 0 Å². The maximum Gasteiger partial charge on any atom is 0.0992 e. The molecule has 0 saturated carbocycles. The van der Waals surface area contributed by atoms with Crippen molar-refractivity contribution in [3.8, 4) is 29.0 Å². The molecule has 4 heteroatoms. The van der Waals surface area contributed by atoms with Crippen molar-refractivity contribution in [3.63, 3.8) is 0 Å². The highest BCUT2D eigenvalue weighted by molar-refractivity contribution is 6.09. The molecule has 0 saturated heterocycles. The van der Waals surface area contributed by atoms with Gasteiger partial charge >= 0.3 is 0 Å². The van der Waals surface area contributed by atoms with Crippen LogP contribution in [-0.4, -0.2) is 10.6 Å². The largest absolute Gasteiger partial charge is 0.333 e. The minimum absolute atomic E-state index is 0.114. The van der Waals surface area contributed by atoms with E-state index >= 15 is 0 Å². The van der Waals surface area contributed by atoms with Gasteiger partial charge in [-0.05, 0) is 84.3 Å². The first-order chi connectivity index (χ1) is 21.1. The maximum absolute atomic E-state index is 10.1. The molecule has 1 aliphatic carbocycles. The highest BCUT2D eigenvalue weighted by atomic mass is 15.2. The number of hydrogen-bond donors (Lipinski definition) is 0. The van der Waals surface area contributed by atoms with E-state index in [2.05, 4.69) is 120 Å². The number of rotatable bonds is 3. The molecule has 0 bridgehead atoms. The standard InChI is InChI=1S/C39H26N4/c1-39-18-7-6-15-38(39)43(37-14-5-3-12-34(37)39)30-10-8-9-28(22-30)29-19-27(25-41)20-31(23-29)42-35-13-4-2-11-32(35)33-21-26(24-40)16-17-36(33)42/h2-23,38H,1H3. The van der Waals surface area contributed by atoms with Gasteiger partial charge in [0, 0.05) is 33.2 Å². The Kier molecular flexibility index (Phi) is 5.42. The Hall–Kier alpha value is -5.84. The molecule has 5 aromatic carbocycles. The van der Waals surface area contributed by atoms with Crippen LogP contribution in [0.1, 0.15) is 23.6 Å². The third-order valence-corrected chi connectivity index (χ3v) is 9.05. The van der Waals surface area contributed by atoms with Crippen molar-refractivity contribution in [3.05, 3.63) is 150 Å². The van der Waals surface area contributed by atoms with Crippen LogP contribution in [0.3, 0.4) is 0 Å². The lowest BCUT2D eigenvalue weighted by molar-refractivity contribution is 0.551. The van der Waals surface area contributed by atoms with Crippen molar-refractivity contribution in [2.75, 3.05) is 4.90 Å². The van der Waals surface area contributed by atoms with Crippen LogP contribution in [0.15, 0.2) is 133 Å². The number of fused-ring (bicyclic) bond motifs is 6. The first-order valence-electron chi connectivity index (χ1n) is 14.4. The van der Waals surface area contributed by atoms with E-state index in [-0.39, 0.29) is 11.5 Å². The van der Waals surface area contributed by atoms with Crippen molar-refractivity contribution >= 4 is 33.2 Å². The van der Waals surface area contributed by atoms with E-state index in [1.165, 1.54) is 11.3 Å². The fourth-order valence-electron chi connectivity index (χ4n) is 7.04. The van der Waals surface area contributed by atoms with Crippen molar-refractivity contribution in [2.45, 2.75) is 18.4 Å². The van der Waals surface area contributed by atoms with Gasteiger partial charge in [-0.1, -0.05) is 72.8 Å². The van der Waals surface area contributed by atoms with E-state index in [4.69, 9.17) is 0 Å². The number of para-hydroxylation sites is 2. The van der Waals surface area contributed by atoms with Gasteiger partial charge in [-0.3, -0.25) is 0 Å². The van der Waals surface area contributed by atoms with Crippen LogP contribution in [0.5, 0.6) is 0 Å². The van der Waals surface area contributed by atoms with Gasteiger partial charge in [0.15, 0.2) is 0 Å². The van der Waals surface area contributed by atoms with Gasteiger partial charge in [-0.15, -0.1) is 0 Å². The topological polar surface area (TPSA) is 55.8 Å². The second kappa shape index (κ2) is 9.35. The molecule has 2 heterocycles. The molecule has 43 heavy (non-hydrogen) atoms. The van der Waals surface area contributed by atoms with Gasteiger partial charge in [0.2, 0.25) is 0 Å². The Morgan fingerprint density at radius 3 is 2.33 bits per heavy atom.